The number of ether oxygens (including phenoxy) is 1. The molecular formula is C27H27F6N3O4. The number of likely N-dealkylation sites (tertiary alicyclic amines) is 1. The Kier molecular flexibility index (Phi) is 7.31. The van der Waals surface area contributed by atoms with E-state index in [1.807, 2.05) is 0 Å². The minimum absolute atomic E-state index is 0.148. The van der Waals surface area contributed by atoms with Crippen LogP contribution >= 0.6 is 0 Å². The Morgan fingerprint density at radius 2 is 1.25 bits per heavy atom. The van der Waals surface area contributed by atoms with Crippen molar-refractivity contribution in [2.75, 3.05) is 19.6 Å². The zero-order valence-electron chi connectivity index (χ0n) is 21.9. The summed E-state index contributed by atoms with van der Waals surface area (Å²) >= 11 is 0. The summed E-state index contributed by atoms with van der Waals surface area (Å²) in [6.07, 6.45) is -9.78. The molecule has 13 heteroatoms. The van der Waals surface area contributed by atoms with Crippen LogP contribution in [0.15, 0.2) is 48.5 Å². The highest BCUT2D eigenvalue weighted by atomic mass is 19.4. The van der Waals surface area contributed by atoms with Gasteiger partial charge in [-0.25, -0.2) is 4.79 Å². The Hall–Kier alpha value is -3.77. The van der Waals surface area contributed by atoms with E-state index in [1.165, 1.54) is 39.0 Å². The fourth-order valence-corrected chi connectivity index (χ4v) is 4.68. The van der Waals surface area contributed by atoms with Crippen LogP contribution in [0.25, 0.3) is 0 Å². The van der Waals surface area contributed by atoms with E-state index in [-0.39, 0.29) is 26.2 Å². The Bertz CT molecular complexity index is 1280. The molecule has 4 rings (SSSR count). The summed E-state index contributed by atoms with van der Waals surface area (Å²) in [5, 5.41) is 0. The quantitative estimate of drug-likeness (QED) is 0.480. The molecule has 0 aromatic heterocycles. The van der Waals surface area contributed by atoms with E-state index in [0.717, 1.165) is 24.3 Å². The predicted octanol–water partition coefficient (Wildman–Crippen LogP) is 5.08. The number of benzene rings is 2. The van der Waals surface area contributed by atoms with Gasteiger partial charge in [0.25, 0.3) is 5.91 Å². The summed E-state index contributed by atoms with van der Waals surface area (Å²) in [6, 6.07) is 8.38. The highest BCUT2D eigenvalue weighted by molar-refractivity contribution is 6.00. The number of carbonyl (C=O) groups excluding carboxylic acids is 3. The fourth-order valence-electron chi connectivity index (χ4n) is 4.68. The van der Waals surface area contributed by atoms with Gasteiger partial charge in [-0.05, 0) is 56.2 Å². The zero-order valence-corrected chi connectivity index (χ0v) is 21.9. The second-order valence-corrected chi connectivity index (χ2v) is 10.9. The first-order valence-electron chi connectivity index (χ1n) is 12.3. The first-order chi connectivity index (χ1) is 18.4. The summed E-state index contributed by atoms with van der Waals surface area (Å²) in [4.78, 5) is 43.4. The maximum absolute atomic E-state index is 13.8. The summed E-state index contributed by atoms with van der Waals surface area (Å²) in [5.74, 6) is -1.05. The van der Waals surface area contributed by atoms with E-state index < -0.39 is 59.1 Å². The van der Waals surface area contributed by atoms with Gasteiger partial charge in [0.1, 0.15) is 12.1 Å². The second-order valence-electron chi connectivity index (χ2n) is 10.9. The molecule has 2 aliphatic heterocycles. The normalized spacial score (nSPS) is 17.8. The Morgan fingerprint density at radius 1 is 0.800 bits per heavy atom. The highest BCUT2D eigenvalue weighted by Crippen LogP contribution is 2.37. The van der Waals surface area contributed by atoms with Gasteiger partial charge in [-0.1, -0.05) is 24.3 Å². The summed E-state index contributed by atoms with van der Waals surface area (Å²) in [6.45, 7) is 3.85. The van der Waals surface area contributed by atoms with Crippen LogP contribution in [0.4, 0.5) is 31.1 Å². The number of halogens is 6. The second kappa shape index (κ2) is 10.0. The third-order valence-corrected chi connectivity index (χ3v) is 6.66. The van der Waals surface area contributed by atoms with E-state index in [2.05, 4.69) is 0 Å². The van der Waals surface area contributed by atoms with Gasteiger partial charge in [-0.15, -0.1) is 0 Å². The number of nitrogens with zero attached hydrogens (tertiary/aromatic N) is 3. The van der Waals surface area contributed by atoms with E-state index in [9.17, 15) is 40.7 Å². The average Bonchev–Trinajstić information content (AvgIpc) is 2.79. The van der Waals surface area contributed by atoms with Crippen molar-refractivity contribution in [3.05, 3.63) is 70.8 Å². The molecule has 0 unspecified atom stereocenters. The minimum Gasteiger partial charge on any atom is -0.444 e. The zero-order chi connectivity index (χ0) is 29.7. The maximum Gasteiger partial charge on any atom is 0.416 e. The molecule has 2 aromatic carbocycles. The van der Waals surface area contributed by atoms with Crippen molar-refractivity contribution >= 4 is 17.9 Å². The topological polar surface area (TPSA) is 70.2 Å². The predicted molar refractivity (Wildman–Crippen MR) is 129 cm³/mol. The molecule has 0 aliphatic carbocycles. The molecule has 2 aliphatic rings. The van der Waals surface area contributed by atoms with Gasteiger partial charge < -0.3 is 19.4 Å². The Labute approximate surface area is 226 Å². The molecule has 3 amide bonds. The summed E-state index contributed by atoms with van der Waals surface area (Å²) in [5.41, 5.74) is -3.34. The number of amides is 3. The molecule has 2 saturated heterocycles. The van der Waals surface area contributed by atoms with Gasteiger partial charge in [0.05, 0.1) is 24.2 Å². The fraction of sp³-hybridized carbons (Fsp3) is 0.444. The van der Waals surface area contributed by atoms with Crippen LogP contribution in [0.1, 0.15) is 43.0 Å². The van der Waals surface area contributed by atoms with Gasteiger partial charge in [0, 0.05) is 13.1 Å². The van der Waals surface area contributed by atoms with Crippen molar-refractivity contribution in [2.45, 2.75) is 57.4 Å². The number of alkyl halides is 6. The third kappa shape index (κ3) is 6.02. The number of carbonyl (C=O) groups is 3. The highest BCUT2D eigenvalue weighted by Gasteiger charge is 2.61. The molecule has 0 atom stereocenters. The molecule has 1 spiro atoms. The summed E-state index contributed by atoms with van der Waals surface area (Å²) < 4.78 is 83.2. The first-order valence-corrected chi connectivity index (χ1v) is 12.3. The van der Waals surface area contributed by atoms with Crippen LogP contribution in [0.3, 0.4) is 0 Å². The summed E-state index contributed by atoms with van der Waals surface area (Å²) in [7, 11) is 0. The molecule has 40 heavy (non-hydrogen) atoms. The number of piperazine rings is 1. The van der Waals surface area contributed by atoms with E-state index in [1.54, 1.807) is 20.8 Å². The van der Waals surface area contributed by atoms with Gasteiger partial charge in [-0.2, -0.15) is 26.3 Å². The molecule has 0 bridgehead atoms. The van der Waals surface area contributed by atoms with Crippen molar-refractivity contribution in [3.8, 4) is 0 Å². The van der Waals surface area contributed by atoms with Gasteiger partial charge in [-0.3, -0.25) is 9.59 Å². The third-order valence-electron chi connectivity index (χ3n) is 6.66. The largest absolute Gasteiger partial charge is 0.444 e. The average molecular weight is 572 g/mol. The van der Waals surface area contributed by atoms with Crippen LogP contribution in [0.5, 0.6) is 0 Å². The number of rotatable bonds is 4. The SMILES string of the molecule is CC(C)(C)OC(=O)N1CC2(C1)C(=O)N(Cc1ccc(C(F)(F)F)cc1)CC(=O)N2Cc1ccc(C(F)(F)F)cc1. The van der Waals surface area contributed by atoms with E-state index in [4.69, 9.17) is 4.74 Å². The van der Waals surface area contributed by atoms with Crippen molar-refractivity contribution < 1.29 is 45.5 Å². The smallest absolute Gasteiger partial charge is 0.416 e. The molecular weight excluding hydrogens is 544 g/mol. The van der Waals surface area contributed by atoms with Crippen LogP contribution in [0, 0.1) is 0 Å². The van der Waals surface area contributed by atoms with Crippen molar-refractivity contribution in [2.24, 2.45) is 0 Å². The standard InChI is InChI=1S/C27H27F6N3O4/c1-24(2,3)40-23(39)35-15-25(16-35)22(38)34(12-17-4-8-19(9-5-17)26(28,29)30)14-21(37)36(25)13-18-6-10-20(11-7-18)27(31,32)33/h4-11H,12-16H2,1-3H3. The molecule has 2 heterocycles. The van der Waals surface area contributed by atoms with Gasteiger partial charge >= 0.3 is 18.4 Å². The molecule has 0 N–H and O–H groups in total. The van der Waals surface area contributed by atoms with Gasteiger partial charge in [0.15, 0.2) is 5.54 Å². The van der Waals surface area contributed by atoms with Crippen molar-refractivity contribution in [1.29, 1.82) is 0 Å². The minimum atomic E-state index is -4.54. The molecule has 216 valence electrons. The first kappa shape index (κ1) is 29.2. The van der Waals surface area contributed by atoms with Crippen molar-refractivity contribution in [3.63, 3.8) is 0 Å². The molecule has 2 aromatic rings. The Balaban J connectivity index is 1.59. The van der Waals surface area contributed by atoms with Crippen molar-refractivity contribution in [1.82, 2.24) is 14.7 Å². The Morgan fingerprint density at radius 3 is 1.68 bits per heavy atom. The molecule has 0 saturated carbocycles. The lowest BCUT2D eigenvalue weighted by molar-refractivity contribution is -0.179. The van der Waals surface area contributed by atoms with E-state index >= 15 is 0 Å². The van der Waals surface area contributed by atoms with Crippen LogP contribution in [0.2, 0.25) is 0 Å². The number of hydrogen-bond donors (Lipinski definition) is 0. The van der Waals surface area contributed by atoms with Crippen LogP contribution in [-0.4, -0.2) is 63.4 Å². The molecule has 0 radical (unpaired) electrons. The lowest BCUT2D eigenvalue weighted by Gasteiger charge is -2.57. The monoisotopic (exact) mass is 571 g/mol. The van der Waals surface area contributed by atoms with Crippen LogP contribution in [-0.2, 0) is 39.8 Å². The maximum atomic E-state index is 13.8. The lowest BCUT2D eigenvalue weighted by atomic mass is 9.83. The van der Waals surface area contributed by atoms with Crippen LogP contribution < -0.4 is 0 Å². The molecule has 7 nitrogen and oxygen atoms in total. The lowest BCUT2D eigenvalue weighted by Crippen LogP contribution is -2.81. The van der Waals surface area contributed by atoms with E-state index in [0.29, 0.717) is 11.1 Å². The number of hydrogen-bond acceptors (Lipinski definition) is 4. The molecule has 2 fully saturated rings. The van der Waals surface area contributed by atoms with Gasteiger partial charge in [0.2, 0.25) is 5.91 Å².